The normalized spacial score (nSPS) is 15.0. The first kappa shape index (κ1) is 46.9. The first-order valence-electron chi connectivity index (χ1n) is 18.5. The Morgan fingerprint density at radius 2 is 1.20 bits per heavy atom. The topological polar surface area (TPSA) is 160 Å². The molecule has 1 unspecified atom stereocenters. The fourth-order valence-electron chi connectivity index (χ4n) is 4.86. The molecule has 4 atom stereocenters. The van der Waals surface area contributed by atoms with E-state index in [0.29, 0.717) is 25.7 Å². The molecule has 4 N–H and O–H groups in total. The molecule has 0 saturated carbocycles. The standard InChI is InChI=1S/C38H67O10P/c1-4-6-18-25-34(39)26-20-15-11-9-12-16-21-27-35(40)28-23-30-37(41)46-31-36(32-47-49(43,44)45)48-38(42)29-22-17-13-8-7-10-14-19-24-33(3)5-2/h11-12,15-16,20-21,26-27,33-36,39-40H,4-10,13-14,17-19,22-25,28-32H2,1-3H3,(H2,43,44,45)/b15-11-,16-12-,26-20+,27-21+/t33?,34-,35-,36+/m0/s1. The predicted octanol–water partition coefficient (Wildman–Crippen LogP) is 8.59. The number of hydrogen-bond acceptors (Lipinski definition) is 8. The molecule has 0 aromatic heterocycles. The van der Waals surface area contributed by atoms with Gasteiger partial charge >= 0.3 is 19.8 Å². The van der Waals surface area contributed by atoms with Crippen LogP contribution in [0.25, 0.3) is 0 Å². The molecule has 0 spiro atoms. The van der Waals surface area contributed by atoms with Crippen molar-refractivity contribution in [2.75, 3.05) is 13.2 Å². The summed E-state index contributed by atoms with van der Waals surface area (Å²) in [6.45, 7) is 5.67. The van der Waals surface area contributed by atoms with Crippen molar-refractivity contribution in [3.63, 3.8) is 0 Å². The molecule has 0 fully saturated rings. The summed E-state index contributed by atoms with van der Waals surface area (Å²) in [4.78, 5) is 42.7. The average Bonchev–Trinajstić information content (AvgIpc) is 3.05. The Hall–Kier alpha value is -2.07. The van der Waals surface area contributed by atoms with Crippen LogP contribution in [-0.2, 0) is 28.2 Å². The molecule has 10 nitrogen and oxygen atoms in total. The third kappa shape index (κ3) is 34.2. The fourth-order valence-corrected chi connectivity index (χ4v) is 5.22. The Kier molecular flexibility index (Phi) is 30.5. The highest BCUT2D eigenvalue weighted by Crippen LogP contribution is 2.36. The van der Waals surface area contributed by atoms with E-state index in [2.05, 4.69) is 25.3 Å². The number of carbonyl (C=O) groups excluding carboxylic acids is 2. The van der Waals surface area contributed by atoms with E-state index in [0.717, 1.165) is 50.9 Å². The number of ether oxygens (including phenoxy) is 2. The van der Waals surface area contributed by atoms with Gasteiger partial charge in [-0.1, -0.05) is 146 Å². The average molecular weight is 715 g/mol. The molecule has 11 heteroatoms. The van der Waals surface area contributed by atoms with Gasteiger partial charge in [0, 0.05) is 12.8 Å². The number of phosphoric ester groups is 1. The summed E-state index contributed by atoms with van der Waals surface area (Å²) < 4.78 is 26.1. The molecule has 284 valence electrons. The SMILES string of the molecule is CCCCC[C@H](O)/C=C/C=C\C/C=C\C=C\[C@H](O)CCCC(=O)OC[C@H](COP(=O)(O)O)OC(=O)CCCCCCCCCCC(C)CC. The van der Waals surface area contributed by atoms with Gasteiger partial charge in [0.25, 0.3) is 0 Å². The Balaban J connectivity index is 4.26. The van der Waals surface area contributed by atoms with Gasteiger partial charge in [0.05, 0.1) is 18.8 Å². The molecule has 49 heavy (non-hydrogen) atoms. The monoisotopic (exact) mass is 714 g/mol. The molecule has 0 heterocycles. The highest BCUT2D eigenvalue weighted by molar-refractivity contribution is 7.46. The largest absolute Gasteiger partial charge is 0.469 e. The van der Waals surface area contributed by atoms with Crippen LogP contribution in [-0.4, -0.2) is 63.5 Å². The molecular weight excluding hydrogens is 647 g/mol. The molecule has 0 rings (SSSR count). The first-order chi connectivity index (χ1) is 23.5. The van der Waals surface area contributed by atoms with Gasteiger partial charge in [-0.05, 0) is 38.0 Å². The van der Waals surface area contributed by atoms with Crippen LogP contribution in [0.3, 0.4) is 0 Å². The molecule has 0 aromatic carbocycles. The number of allylic oxidation sites excluding steroid dienone is 6. The van der Waals surface area contributed by atoms with Crippen molar-refractivity contribution in [3.8, 4) is 0 Å². The zero-order valence-corrected chi connectivity index (χ0v) is 31.4. The van der Waals surface area contributed by atoms with Gasteiger partial charge in [0.1, 0.15) is 6.61 Å². The van der Waals surface area contributed by atoms with Crippen molar-refractivity contribution in [2.45, 2.75) is 161 Å². The number of phosphoric acid groups is 1. The lowest BCUT2D eigenvalue weighted by Crippen LogP contribution is -2.29. The van der Waals surface area contributed by atoms with E-state index in [1.54, 1.807) is 18.2 Å². The Morgan fingerprint density at radius 3 is 1.78 bits per heavy atom. The van der Waals surface area contributed by atoms with Crippen LogP contribution in [0.1, 0.15) is 143 Å². The summed E-state index contributed by atoms with van der Waals surface area (Å²) in [5.74, 6) is -0.315. The van der Waals surface area contributed by atoms with Crippen LogP contribution in [0.4, 0.5) is 0 Å². The molecule has 0 radical (unpaired) electrons. The maximum Gasteiger partial charge on any atom is 0.469 e. The van der Waals surface area contributed by atoms with E-state index in [9.17, 15) is 24.4 Å². The second-order valence-electron chi connectivity index (χ2n) is 12.8. The smallest absolute Gasteiger partial charge is 0.462 e. The summed E-state index contributed by atoms with van der Waals surface area (Å²) in [6, 6.07) is 0. The minimum Gasteiger partial charge on any atom is -0.462 e. The minimum absolute atomic E-state index is 0.0181. The van der Waals surface area contributed by atoms with Gasteiger partial charge in [-0.2, -0.15) is 0 Å². The first-order valence-corrected chi connectivity index (χ1v) is 20.1. The molecule has 0 saturated heterocycles. The lowest BCUT2D eigenvalue weighted by Gasteiger charge is -2.18. The minimum atomic E-state index is -4.80. The molecule has 0 aliphatic carbocycles. The summed E-state index contributed by atoms with van der Waals surface area (Å²) in [6.07, 6.45) is 29.1. The molecule has 0 bridgehead atoms. The molecule has 0 aliphatic heterocycles. The Labute approximate surface area is 296 Å². The quantitative estimate of drug-likeness (QED) is 0.0230. The maximum absolute atomic E-state index is 12.3. The number of aliphatic hydroxyl groups is 2. The van der Waals surface area contributed by atoms with Gasteiger partial charge in [-0.25, -0.2) is 4.57 Å². The van der Waals surface area contributed by atoms with Crippen LogP contribution < -0.4 is 0 Å². The van der Waals surface area contributed by atoms with Crippen LogP contribution in [0, 0.1) is 5.92 Å². The number of hydrogen-bond donors (Lipinski definition) is 4. The second kappa shape index (κ2) is 31.9. The van der Waals surface area contributed by atoms with Gasteiger partial charge in [0.2, 0.25) is 0 Å². The summed E-state index contributed by atoms with van der Waals surface area (Å²) >= 11 is 0. The number of rotatable bonds is 32. The Morgan fingerprint density at radius 1 is 0.673 bits per heavy atom. The number of aliphatic hydroxyl groups excluding tert-OH is 2. The van der Waals surface area contributed by atoms with Crippen LogP contribution in [0.5, 0.6) is 0 Å². The van der Waals surface area contributed by atoms with Crippen molar-refractivity contribution in [1.82, 2.24) is 0 Å². The van der Waals surface area contributed by atoms with Crippen LogP contribution >= 0.6 is 7.82 Å². The van der Waals surface area contributed by atoms with Gasteiger partial charge in [-0.3, -0.25) is 14.1 Å². The zero-order chi connectivity index (χ0) is 36.6. The fraction of sp³-hybridized carbons (Fsp3) is 0.737. The predicted molar refractivity (Wildman–Crippen MR) is 196 cm³/mol. The third-order valence-electron chi connectivity index (χ3n) is 8.10. The molecule has 0 aliphatic rings. The van der Waals surface area contributed by atoms with E-state index in [4.69, 9.17) is 19.3 Å². The summed E-state index contributed by atoms with van der Waals surface area (Å²) in [5, 5.41) is 20.0. The van der Waals surface area contributed by atoms with Gasteiger partial charge < -0.3 is 29.5 Å². The lowest BCUT2D eigenvalue weighted by molar-refractivity contribution is -0.161. The molecular formula is C38H67O10P. The van der Waals surface area contributed by atoms with Gasteiger partial charge in [0.15, 0.2) is 6.10 Å². The van der Waals surface area contributed by atoms with Crippen molar-refractivity contribution in [3.05, 3.63) is 48.6 Å². The van der Waals surface area contributed by atoms with E-state index in [1.807, 2.05) is 30.4 Å². The van der Waals surface area contributed by atoms with E-state index in [1.165, 1.54) is 38.5 Å². The number of unbranched alkanes of at least 4 members (excludes halogenated alkanes) is 9. The van der Waals surface area contributed by atoms with Crippen molar-refractivity contribution >= 4 is 19.8 Å². The summed E-state index contributed by atoms with van der Waals surface area (Å²) in [5.41, 5.74) is 0. The third-order valence-corrected chi connectivity index (χ3v) is 8.58. The number of carbonyl (C=O) groups is 2. The second-order valence-corrected chi connectivity index (χ2v) is 14.1. The van der Waals surface area contributed by atoms with Gasteiger partial charge in [-0.15, -0.1) is 0 Å². The van der Waals surface area contributed by atoms with Crippen molar-refractivity contribution in [1.29, 1.82) is 0 Å². The van der Waals surface area contributed by atoms with E-state index >= 15 is 0 Å². The lowest BCUT2D eigenvalue weighted by atomic mass is 9.99. The number of esters is 2. The Bertz CT molecular complexity index is 987. The molecule has 0 amide bonds. The zero-order valence-electron chi connectivity index (χ0n) is 30.5. The molecule has 0 aromatic rings. The van der Waals surface area contributed by atoms with Crippen molar-refractivity contribution < 1.29 is 48.2 Å². The van der Waals surface area contributed by atoms with Crippen molar-refractivity contribution in [2.24, 2.45) is 5.92 Å². The van der Waals surface area contributed by atoms with E-state index < -0.39 is 51.3 Å². The maximum atomic E-state index is 12.3. The highest BCUT2D eigenvalue weighted by Gasteiger charge is 2.23. The highest BCUT2D eigenvalue weighted by atomic mass is 31.2. The van der Waals surface area contributed by atoms with Crippen LogP contribution in [0.15, 0.2) is 48.6 Å². The van der Waals surface area contributed by atoms with Crippen LogP contribution in [0.2, 0.25) is 0 Å². The summed E-state index contributed by atoms with van der Waals surface area (Å²) in [7, 11) is -4.80. The van der Waals surface area contributed by atoms with E-state index in [-0.39, 0.29) is 12.8 Å².